The van der Waals surface area contributed by atoms with Crippen molar-refractivity contribution in [1.29, 1.82) is 0 Å². The molecule has 2 heterocycles. The topological polar surface area (TPSA) is 71.6 Å². The van der Waals surface area contributed by atoms with Gasteiger partial charge in [-0.25, -0.2) is 0 Å². The molecule has 9 heteroatoms. The Morgan fingerprint density at radius 3 is 2.33 bits per heavy atom. The second kappa shape index (κ2) is 13.5. The van der Waals surface area contributed by atoms with E-state index in [9.17, 15) is 9.59 Å². The molecule has 3 aromatic carbocycles. The summed E-state index contributed by atoms with van der Waals surface area (Å²) in [7, 11) is 3.33. The third kappa shape index (κ3) is 6.68. The first kappa shape index (κ1) is 29.8. The Bertz CT molecular complexity index is 1390. The van der Waals surface area contributed by atoms with Crippen LogP contribution in [-0.2, 0) is 14.3 Å². The number of methoxy groups -OCH3 is 2. The van der Waals surface area contributed by atoms with Gasteiger partial charge in [-0.2, -0.15) is 0 Å². The van der Waals surface area contributed by atoms with Gasteiger partial charge in [-0.3, -0.25) is 14.5 Å². The number of amides is 1. The zero-order chi connectivity index (χ0) is 29.6. The molecule has 1 amide bonds. The summed E-state index contributed by atoms with van der Waals surface area (Å²) in [5, 5.41) is -0.388. The average Bonchev–Trinajstić information content (AvgIpc) is 3.11. The highest BCUT2D eigenvalue weighted by atomic mass is 32.2. The van der Waals surface area contributed by atoms with Gasteiger partial charge in [0.25, 0.3) is 5.91 Å². The summed E-state index contributed by atoms with van der Waals surface area (Å²) in [4.78, 5) is 34.0. The number of carbonyl (C=O) groups excluding carboxylic acids is 2. The minimum absolute atomic E-state index is 0.192. The van der Waals surface area contributed by atoms with Crippen molar-refractivity contribution in [3.05, 3.63) is 77.9 Å². The van der Waals surface area contributed by atoms with E-state index < -0.39 is 12.1 Å². The van der Waals surface area contributed by atoms with Gasteiger partial charge in [0.1, 0.15) is 11.5 Å². The summed E-state index contributed by atoms with van der Waals surface area (Å²) in [6.07, 6.45) is -0.142. The number of hydrogen-bond donors (Lipinski definition) is 0. The van der Waals surface area contributed by atoms with Gasteiger partial charge in [0.2, 0.25) is 0 Å². The summed E-state index contributed by atoms with van der Waals surface area (Å²) in [6.45, 7) is 8.53. The number of thioether (sulfide) groups is 1. The predicted octanol–water partition coefficient (Wildman–Crippen LogP) is 5.34. The van der Waals surface area contributed by atoms with E-state index in [1.54, 1.807) is 26.0 Å². The van der Waals surface area contributed by atoms with Crippen LogP contribution < -0.4 is 19.3 Å². The number of benzene rings is 3. The summed E-state index contributed by atoms with van der Waals surface area (Å²) in [5.41, 5.74) is 4.01. The van der Waals surface area contributed by atoms with E-state index >= 15 is 0 Å². The van der Waals surface area contributed by atoms with E-state index in [0.717, 1.165) is 78.0 Å². The summed E-state index contributed by atoms with van der Waals surface area (Å²) >= 11 is 1.57. The SMILES string of the molecule is COc1ccc([C@@H]2Sc3cc(C)ccc3N(CCCN3CCN(c4ccccc4OC)CC3)C(=O)[C@@H]2OC(C)=O)cc1. The van der Waals surface area contributed by atoms with Crippen molar-refractivity contribution in [1.82, 2.24) is 4.90 Å². The Kier molecular flexibility index (Phi) is 9.59. The maximum atomic E-state index is 14.2. The van der Waals surface area contributed by atoms with E-state index in [2.05, 4.69) is 28.9 Å². The van der Waals surface area contributed by atoms with Gasteiger partial charge >= 0.3 is 5.97 Å². The van der Waals surface area contributed by atoms with Crippen LogP contribution >= 0.6 is 11.8 Å². The second-order valence-corrected chi connectivity index (χ2v) is 11.8. The standard InChI is InChI=1S/C33H39N3O5S/c1-23-10-15-28-30(22-23)42-32(25-11-13-26(39-3)14-12-25)31(41-24(2)37)33(38)36(28)17-7-16-34-18-20-35(21-19-34)27-8-5-6-9-29(27)40-4/h5-6,8-15,22,31-32H,7,16-21H2,1-4H3/t31-,32+/m1/s1. The molecule has 0 bridgehead atoms. The molecule has 42 heavy (non-hydrogen) atoms. The Morgan fingerprint density at radius 1 is 0.905 bits per heavy atom. The molecule has 0 radical (unpaired) electrons. The number of fused-ring (bicyclic) bond motifs is 1. The number of rotatable bonds is 9. The van der Waals surface area contributed by atoms with Crippen molar-refractivity contribution < 1.29 is 23.8 Å². The summed E-state index contributed by atoms with van der Waals surface area (Å²) in [5.74, 6) is 0.964. The molecule has 3 aromatic rings. The van der Waals surface area contributed by atoms with Gasteiger partial charge < -0.3 is 24.0 Å². The molecule has 0 spiro atoms. The molecule has 222 valence electrons. The highest BCUT2D eigenvalue weighted by Crippen LogP contribution is 2.47. The third-order valence-electron chi connectivity index (χ3n) is 7.84. The van der Waals surface area contributed by atoms with Crippen molar-refractivity contribution in [3.8, 4) is 11.5 Å². The number of aryl methyl sites for hydroxylation is 1. The molecule has 0 saturated carbocycles. The molecule has 1 saturated heterocycles. The molecule has 0 aliphatic carbocycles. The lowest BCUT2D eigenvalue weighted by atomic mass is 10.1. The van der Waals surface area contributed by atoms with Gasteiger partial charge in [-0.15, -0.1) is 11.8 Å². The van der Waals surface area contributed by atoms with Gasteiger partial charge in [-0.1, -0.05) is 30.3 Å². The Hall–Kier alpha value is -3.69. The zero-order valence-corrected chi connectivity index (χ0v) is 25.6. The minimum Gasteiger partial charge on any atom is -0.497 e. The molecule has 2 atom stereocenters. The number of nitrogens with zero attached hydrogens (tertiary/aromatic N) is 3. The molecule has 0 N–H and O–H groups in total. The fourth-order valence-electron chi connectivity index (χ4n) is 5.65. The molecular formula is C33H39N3O5S. The highest BCUT2D eigenvalue weighted by molar-refractivity contribution is 7.99. The minimum atomic E-state index is -0.946. The molecule has 5 rings (SSSR count). The van der Waals surface area contributed by atoms with Crippen molar-refractivity contribution >= 4 is 35.0 Å². The Labute approximate surface area is 252 Å². The van der Waals surface area contributed by atoms with Crippen molar-refractivity contribution in [2.75, 3.05) is 63.3 Å². The van der Waals surface area contributed by atoms with E-state index in [1.165, 1.54) is 6.92 Å². The summed E-state index contributed by atoms with van der Waals surface area (Å²) < 4.78 is 16.7. The number of piperazine rings is 1. The van der Waals surface area contributed by atoms with Crippen LogP contribution in [0.1, 0.15) is 29.7 Å². The molecule has 0 aromatic heterocycles. The molecular weight excluding hydrogens is 550 g/mol. The number of para-hydroxylation sites is 2. The van der Waals surface area contributed by atoms with Crippen LogP contribution in [0.5, 0.6) is 11.5 Å². The fraction of sp³-hybridized carbons (Fsp3) is 0.394. The van der Waals surface area contributed by atoms with E-state index in [-0.39, 0.29) is 11.2 Å². The normalized spacial score (nSPS) is 19.2. The third-order valence-corrected chi connectivity index (χ3v) is 9.19. The molecule has 1 fully saturated rings. The second-order valence-electron chi connectivity index (χ2n) is 10.7. The van der Waals surface area contributed by atoms with Crippen LogP contribution in [0.25, 0.3) is 0 Å². The van der Waals surface area contributed by atoms with Gasteiger partial charge in [-0.05, 0) is 67.4 Å². The number of hydrogen-bond acceptors (Lipinski definition) is 8. The first-order valence-corrected chi connectivity index (χ1v) is 15.3. The smallest absolute Gasteiger partial charge is 0.303 e. The Balaban J connectivity index is 1.31. The van der Waals surface area contributed by atoms with E-state index in [4.69, 9.17) is 14.2 Å². The van der Waals surface area contributed by atoms with Crippen LogP contribution in [0.4, 0.5) is 11.4 Å². The zero-order valence-electron chi connectivity index (χ0n) is 24.7. The molecule has 0 unspecified atom stereocenters. The van der Waals surface area contributed by atoms with Crippen LogP contribution in [0, 0.1) is 6.92 Å². The molecule has 8 nitrogen and oxygen atoms in total. The largest absolute Gasteiger partial charge is 0.497 e. The van der Waals surface area contributed by atoms with E-state index in [1.807, 2.05) is 59.5 Å². The fourth-order valence-corrected chi connectivity index (χ4v) is 7.07. The van der Waals surface area contributed by atoms with E-state index in [0.29, 0.717) is 6.54 Å². The first-order chi connectivity index (χ1) is 20.4. The molecule has 2 aliphatic rings. The van der Waals surface area contributed by atoms with Crippen LogP contribution in [0.15, 0.2) is 71.6 Å². The lowest BCUT2D eigenvalue weighted by molar-refractivity contribution is -0.152. The van der Waals surface area contributed by atoms with Crippen molar-refractivity contribution in [2.24, 2.45) is 0 Å². The van der Waals surface area contributed by atoms with Gasteiger partial charge in [0.05, 0.1) is 30.8 Å². The quantitative estimate of drug-likeness (QED) is 0.310. The Morgan fingerprint density at radius 2 is 1.64 bits per heavy atom. The predicted molar refractivity (Wildman–Crippen MR) is 167 cm³/mol. The average molecular weight is 590 g/mol. The van der Waals surface area contributed by atoms with Crippen molar-refractivity contribution in [3.63, 3.8) is 0 Å². The first-order valence-electron chi connectivity index (χ1n) is 14.4. The monoisotopic (exact) mass is 589 g/mol. The lowest BCUT2D eigenvalue weighted by Crippen LogP contribution is -2.48. The van der Waals surface area contributed by atoms with Crippen LogP contribution in [0.2, 0.25) is 0 Å². The maximum Gasteiger partial charge on any atom is 0.303 e. The van der Waals surface area contributed by atoms with Crippen LogP contribution in [-0.4, -0.2) is 76.4 Å². The highest BCUT2D eigenvalue weighted by Gasteiger charge is 2.40. The summed E-state index contributed by atoms with van der Waals surface area (Å²) in [6, 6.07) is 21.9. The number of carbonyl (C=O) groups is 2. The van der Waals surface area contributed by atoms with Crippen LogP contribution in [0.3, 0.4) is 0 Å². The maximum absolute atomic E-state index is 14.2. The number of anilines is 2. The number of ether oxygens (including phenoxy) is 3. The lowest BCUT2D eigenvalue weighted by Gasteiger charge is -2.37. The van der Waals surface area contributed by atoms with Crippen molar-refractivity contribution in [2.45, 2.75) is 36.5 Å². The van der Waals surface area contributed by atoms with Gasteiger partial charge in [0.15, 0.2) is 6.10 Å². The van der Waals surface area contributed by atoms with Gasteiger partial charge in [0, 0.05) is 44.5 Å². The number of esters is 1. The molecule has 2 aliphatic heterocycles.